The van der Waals surface area contributed by atoms with Crippen molar-refractivity contribution in [2.75, 3.05) is 26.7 Å². The predicted octanol–water partition coefficient (Wildman–Crippen LogP) is 2.44. The van der Waals surface area contributed by atoms with Gasteiger partial charge in [0.15, 0.2) is 0 Å². The van der Waals surface area contributed by atoms with Gasteiger partial charge in [-0.05, 0) is 30.3 Å². The van der Waals surface area contributed by atoms with Gasteiger partial charge in [-0.15, -0.1) is 0 Å². The molecule has 1 aliphatic heterocycles. The molecule has 0 aliphatic carbocycles. The molecule has 0 spiro atoms. The van der Waals surface area contributed by atoms with Gasteiger partial charge in [0, 0.05) is 50.4 Å². The van der Waals surface area contributed by atoms with Crippen molar-refractivity contribution >= 4 is 0 Å². The Labute approximate surface area is 127 Å². The van der Waals surface area contributed by atoms with E-state index >= 15 is 0 Å². The van der Waals surface area contributed by atoms with Gasteiger partial charge in [-0.2, -0.15) is 0 Å². The average molecular weight is 281 g/mol. The van der Waals surface area contributed by atoms with E-state index in [1.165, 1.54) is 16.8 Å². The predicted molar refractivity (Wildman–Crippen MR) is 86.3 cm³/mol. The molecule has 3 heteroatoms. The Hall–Kier alpha value is -1.71. The second-order valence-electron chi connectivity index (χ2n) is 5.86. The van der Waals surface area contributed by atoms with Gasteiger partial charge in [0.05, 0.1) is 0 Å². The smallest absolute Gasteiger partial charge is 0.0416 e. The second-order valence-corrected chi connectivity index (χ2v) is 5.86. The second kappa shape index (κ2) is 6.83. The molecule has 3 nitrogen and oxygen atoms in total. The topological polar surface area (TPSA) is 28.2 Å². The Morgan fingerprint density at radius 3 is 2.90 bits per heavy atom. The summed E-state index contributed by atoms with van der Waals surface area (Å²) in [6.07, 6.45) is 2.88. The number of aromatic nitrogens is 1. The summed E-state index contributed by atoms with van der Waals surface area (Å²) in [5.74, 6) is 0.587. The van der Waals surface area contributed by atoms with Gasteiger partial charge in [0.2, 0.25) is 0 Å². The minimum Gasteiger partial charge on any atom is -0.312 e. The highest BCUT2D eigenvalue weighted by molar-refractivity contribution is 5.32. The van der Waals surface area contributed by atoms with Crippen LogP contribution < -0.4 is 5.32 Å². The molecule has 2 aromatic rings. The number of hydrogen-bond donors (Lipinski definition) is 1. The van der Waals surface area contributed by atoms with E-state index in [2.05, 4.69) is 58.6 Å². The van der Waals surface area contributed by atoms with Gasteiger partial charge < -0.3 is 10.2 Å². The summed E-state index contributed by atoms with van der Waals surface area (Å²) in [6.45, 7) is 4.22. The van der Waals surface area contributed by atoms with E-state index in [0.29, 0.717) is 5.92 Å². The first kappa shape index (κ1) is 14.2. The molecule has 0 saturated heterocycles. The standard InChI is InChI=1S/C18H23N3/c1-21(11-9-17-7-4-5-10-20-17)14-16-13-19-12-15-6-2-3-8-18(15)16/h2-8,10,16,19H,9,11-14H2,1H3. The number of rotatable bonds is 5. The van der Waals surface area contributed by atoms with Crippen molar-refractivity contribution in [1.29, 1.82) is 0 Å². The lowest BCUT2D eigenvalue weighted by Gasteiger charge is -2.30. The lowest BCUT2D eigenvalue weighted by molar-refractivity contribution is 0.303. The van der Waals surface area contributed by atoms with Crippen LogP contribution in [0.1, 0.15) is 22.7 Å². The summed E-state index contributed by atoms with van der Waals surface area (Å²) in [5.41, 5.74) is 4.14. The van der Waals surface area contributed by atoms with Gasteiger partial charge in [-0.1, -0.05) is 30.3 Å². The number of fused-ring (bicyclic) bond motifs is 1. The van der Waals surface area contributed by atoms with Gasteiger partial charge >= 0.3 is 0 Å². The van der Waals surface area contributed by atoms with E-state index in [1.54, 1.807) is 0 Å². The van der Waals surface area contributed by atoms with E-state index < -0.39 is 0 Å². The van der Waals surface area contributed by atoms with Crippen molar-refractivity contribution in [3.8, 4) is 0 Å². The summed E-state index contributed by atoms with van der Waals surface area (Å²) < 4.78 is 0. The number of nitrogens with one attached hydrogen (secondary N) is 1. The molecule has 0 bridgehead atoms. The Balaban J connectivity index is 1.57. The zero-order chi connectivity index (χ0) is 14.5. The molecule has 0 fully saturated rings. The minimum atomic E-state index is 0.587. The maximum Gasteiger partial charge on any atom is 0.0416 e. The number of benzene rings is 1. The Bertz CT molecular complexity index is 568. The fourth-order valence-corrected chi connectivity index (χ4v) is 3.07. The number of likely N-dealkylation sites (N-methyl/N-ethyl adjacent to an activating group) is 1. The van der Waals surface area contributed by atoms with Crippen molar-refractivity contribution in [2.24, 2.45) is 0 Å². The van der Waals surface area contributed by atoms with Gasteiger partial charge in [-0.25, -0.2) is 0 Å². The highest BCUT2D eigenvalue weighted by atomic mass is 15.1. The molecule has 1 N–H and O–H groups in total. The van der Waals surface area contributed by atoms with Crippen molar-refractivity contribution in [3.05, 3.63) is 65.5 Å². The van der Waals surface area contributed by atoms with Gasteiger partial charge in [-0.3, -0.25) is 4.98 Å². The molecule has 1 aliphatic rings. The molecule has 1 aromatic carbocycles. The first-order chi connectivity index (χ1) is 10.3. The zero-order valence-corrected chi connectivity index (χ0v) is 12.6. The molecule has 1 unspecified atom stereocenters. The van der Waals surface area contributed by atoms with Crippen LogP contribution in [0.3, 0.4) is 0 Å². The van der Waals surface area contributed by atoms with Crippen molar-refractivity contribution in [2.45, 2.75) is 18.9 Å². The maximum atomic E-state index is 4.39. The van der Waals surface area contributed by atoms with E-state index in [1.807, 2.05) is 12.3 Å². The molecule has 21 heavy (non-hydrogen) atoms. The van der Waals surface area contributed by atoms with E-state index in [9.17, 15) is 0 Å². The summed E-state index contributed by atoms with van der Waals surface area (Å²) in [5, 5.41) is 3.53. The third-order valence-corrected chi connectivity index (χ3v) is 4.21. The molecule has 110 valence electrons. The van der Waals surface area contributed by atoms with E-state index in [4.69, 9.17) is 0 Å². The van der Waals surface area contributed by atoms with E-state index in [0.717, 1.165) is 32.6 Å². The molecular weight excluding hydrogens is 258 g/mol. The number of nitrogens with zero attached hydrogens (tertiary/aromatic N) is 2. The van der Waals surface area contributed by atoms with E-state index in [-0.39, 0.29) is 0 Å². The maximum absolute atomic E-state index is 4.39. The molecule has 1 atom stereocenters. The lowest BCUT2D eigenvalue weighted by Crippen LogP contribution is -2.36. The summed E-state index contributed by atoms with van der Waals surface area (Å²) >= 11 is 0. The number of hydrogen-bond acceptors (Lipinski definition) is 3. The minimum absolute atomic E-state index is 0.587. The Kier molecular flexibility index (Phi) is 4.63. The van der Waals surface area contributed by atoms with Crippen LogP contribution in [0.5, 0.6) is 0 Å². The average Bonchev–Trinajstić information content (AvgIpc) is 2.54. The third kappa shape index (κ3) is 3.69. The van der Waals surface area contributed by atoms with Crippen LogP contribution >= 0.6 is 0 Å². The fraction of sp³-hybridized carbons (Fsp3) is 0.389. The molecule has 3 rings (SSSR count). The fourth-order valence-electron chi connectivity index (χ4n) is 3.07. The molecule has 0 radical (unpaired) electrons. The monoisotopic (exact) mass is 281 g/mol. The lowest BCUT2D eigenvalue weighted by atomic mass is 9.90. The summed E-state index contributed by atoms with van der Waals surface area (Å²) in [6, 6.07) is 14.9. The summed E-state index contributed by atoms with van der Waals surface area (Å²) in [7, 11) is 2.21. The van der Waals surface area contributed by atoms with Crippen LogP contribution in [-0.2, 0) is 13.0 Å². The Morgan fingerprint density at radius 1 is 1.19 bits per heavy atom. The van der Waals surface area contributed by atoms with Crippen molar-refractivity contribution in [3.63, 3.8) is 0 Å². The molecular formula is C18H23N3. The quantitative estimate of drug-likeness (QED) is 0.912. The first-order valence-corrected chi connectivity index (χ1v) is 7.70. The van der Waals surface area contributed by atoms with Crippen molar-refractivity contribution in [1.82, 2.24) is 15.2 Å². The third-order valence-electron chi connectivity index (χ3n) is 4.21. The first-order valence-electron chi connectivity index (χ1n) is 7.70. The van der Waals surface area contributed by atoms with Crippen LogP contribution in [0.15, 0.2) is 48.7 Å². The highest BCUT2D eigenvalue weighted by Gasteiger charge is 2.20. The van der Waals surface area contributed by atoms with Crippen LogP contribution in [0, 0.1) is 0 Å². The molecule has 2 heterocycles. The van der Waals surface area contributed by atoms with Crippen LogP contribution in [-0.4, -0.2) is 36.6 Å². The van der Waals surface area contributed by atoms with Crippen LogP contribution in [0.25, 0.3) is 0 Å². The van der Waals surface area contributed by atoms with Gasteiger partial charge in [0.1, 0.15) is 0 Å². The van der Waals surface area contributed by atoms with Crippen LogP contribution in [0.2, 0.25) is 0 Å². The normalized spacial score (nSPS) is 17.7. The molecule has 0 amide bonds. The molecule has 0 saturated carbocycles. The van der Waals surface area contributed by atoms with Crippen LogP contribution in [0.4, 0.5) is 0 Å². The van der Waals surface area contributed by atoms with Crippen molar-refractivity contribution < 1.29 is 0 Å². The highest BCUT2D eigenvalue weighted by Crippen LogP contribution is 2.24. The largest absolute Gasteiger partial charge is 0.312 e. The zero-order valence-electron chi connectivity index (χ0n) is 12.6. The van der Waals surface area contributed by atoms with Gasteiger partial charge in [0.25, 0.3) is 0 Å². The Morgan fingerprint density at radius 2 is 2.05 bits per heavy atom. The number of pyridine rings is 1. The molecule has 1 aromatic heterocycles. The summed E-state index contributed by atoms with van der Waals surface area (Å²) in [4.78, 5) is 6.81. The SMILES string of the molecule is CN(CCc1ccccn1)CC1CNCc2ccccc21.